The first-order valence-corrected chi connectivity index (χ1v) is 7.60. The fraction of sp³-hybridized carbons (Fsp3) is 1.00. The van der Waals surface area contributed by atoms with Gasteiger partial charge in [-0.1, -0.05) is 34.6 Å². The molecule has 0 rings (SSSR count). The van der Waals surface area contributed by atoms with Crippen LogP contribution in [0, 0.1) is 11.8 Å². The lowest BCUT2D eigenvalue weighted by Gasteiger charge is -2.45. The molecule has 0 fully saturated rings. The highest BCUT2D eigenvalue weighted by Crippen LogP contribution is 2.23. The third kappa shape index (κ3) is 4.89. The van der Waals surface area contributed by atoms with Crippen LogP contribution in [0.2, 0.25) is 0 Å². The van der Waals surface area contributed by atoms with Crippen molar-refractivity contribution >= 4 is 0 Å². The number of hydrogen-bond acceptors (Lipinski definition) is 2. The van der Waals surface area contributed by atoms with E-state index in [4.69, 9.17) is 0 Å². The van der Waals surface area contributed by atoms with Gasteiger partial charge in [-0.15, -0.1) is 0 Å². The smallest absolute Gasteiger partial charge is 0.0619 e. The van der Waals surface area contributed by atoms with E-state index in [0.717, 1.165) is 11.8 Å². The number of hydrogen-bond donors (Lipinski definition) is 0. The fourth-order valence-electron chi connectivity index (χ4n) is 2.32. The molecule has 2 heteroatoms. The molecular formula is C16H36N2. The number of nitrogens with zero attached hydrogens (tertiary/aromatic N) is 2. The van der Waals surface area contributed by atoms with Crippen LogP contribution in [-0.4, -0.2) is 42.1 Å². The Hall–Kier alpha value is -0.0800. The molecule has 0 aliphatic heterocycles. The Bertz CT molecular complexity index is 223. The first kappa shape index (κ1) is 17.9. The summed E-state index contributed by atoms with van der Waals surface area (Å²) in [5.41, 5.74) is 0.274. The van der Waals surface area contributed by atoms with Crippen molar-refractivity contribution in [1.82, 2.24) is 9.80 Å². The van der Waals surface area contributed by atoms with Crippen LogP contribution in [0.5, 0.6) is 0 Å². The van der Waals surface area contributed by atoms with E-state index in [2.05, 4.69) is 72.4 Å². The standard InChI is InChI=1S/C16H36N2/c1-10-15(18(9)16(6,7)11-2)17(8)12-14(5)13(3)4/h13-15H,10-12H2,1-9H3. The van der Waals surface area contributed by atoms with Crippen molar-refractivity contribution in [2.24, 2.45) is 11.8 Å². The Morgan fingerprint density at radius 2 is 1.50 bits per heavy atom. The van der Waals surface area contributed by atoms with Gasteiger partial charge in [0.1, 0.15) is 0 Å². The van der Waals surface area contributed by atoms with Crippen molar-refractivity contribution < 1.29 is 0 Å². The normalized spacial score (nSPS) is 16.7. The van der Waals surface area contributed by atoms with Gasteiger partial charge in [0, 0.05) is 12.1 Å². The molecule has 2 nitrogen and oxygen atoms in total. The van der Waals surface area contributed by atoms with Gasteiger partial charge in [-0.05, 0) is 52.6 Å². The zero-order valence-corrected chi connectivity index (χ0v) is 14.2. The van der Waals surface area contributed by atoms with E-state index in [1.807, 2.05) is 0 Å². The fourth-order valence-corrected chi connectivity index (χ4v) is 2.32. The Labute approximate surface area is 116 Å². The van der Waals surface area contributed by atoms with E-state index < -0.39 is 0 Å². The van der Waals surface area contributed by atoms with Gasteiger partial charge >= 0.3 is 0 Å². The molecule has 0 aromatic heterocycles. The maximum Gasteiger partial charge on any atom is 0.0619 e. The predicted octanol–water partition coefficient (Wildman–Crippen LogP) is 4.07. The molecule has 0 aliphatic carbocycles. The van der Waals surface area contributed by atoms with Gasteiger partial charge in [0.2, 0.25) is 0 Å². The lowest BCUT2D eigenvalue weighted by molar-refractivity contribution is -0.00274. The van der Waals surface area contributed by atoms with Crippen molar-refractivity contribution in [1.29, 1.82) is 0 Å². The minimum absolute atomic E-state index is 0.274. The molecule has 0 aliphatic rings. The van der Waals surface area contributed by atoms with Crippen LogP contribution < -0.4 is 0 Å². The highest BCUT2D eigenvalue weighted by atomic mass is 15.4. The second kappa shape index (κ2) is 7.49. The summed E-state index contributed by atoms with van der Waals surface area (Å²) in [5.74, 6) is 1.51. The summed E-state index contributed by atoms with van der Waals surface area (Å²) in [6.07, 6.45) is 2.91. The molecule has 2 unspecified atom stereocenters. The molecule has 0 radical (unpaired) electrons. The topological polar surface area (TPSA) is 6.48 Å². The largest absolute Gasteiger partial charge is 0.291 e. The van der Waals surface area contributed by atoms with Crippen LogP contribution in [0.4, 0.5) is 0 Å². The van der Waals surface area contributed by atoms with Gasteiger partial charge in [-0.2, -0.15) is 0 Å². The van der Waals surface area contributed by atoms with Crippen LogP contribution in [0.1, 0.15) is 61.3 Å². The monoisotopic (exact) mass is 256 g/mol. The van der Waals surface area contributed by atoms with Crippen LogP contribution in [-0.2, 0) is 0 Å². The van der Waals surface area contributed by atoms with Crippen molar-refractivity contribution in [2.75, 3.05) is 20.6 Å². The predicted molar refractivity (Wildman–Crippen MR) is 82.8 cm³/mol. The maximum atomic E-state index is 2.54. The Morgan fingerprint density at radius 1 is 1.00 bits per heavy atom. The van der Waals surface area contributed by atoms with E-state index in [0.29, 0.717) is 6.17 Å². The average Bonchev–Trinajstić information content (AvgIpc) is 2.29. The minimum atomic E-state index is 0.274. The molecule has 0 aromatic carbocycles. The minimum Gasteiger partial charge on any atom is -0.291 e. The van der Waals surface area contributed by atoms with Crippen LogP contribution in [0.3, 0.4) is 0 Å². The third-order valence-electron chi connectivity index (χ3n) is 4.86. The van der Waals surface area contributed by atoms with Crippen molar-refractivity contribution in [3.63, 3.8) is 0 Å². The zero-order chi connectivity index (χ0) is 14.5. The van der Waals surface area contributed by atoms with Gasteiger partial charge < -0.3 is 0 Å². The quantitative estimate of drug-likeness (QED) is 0.604. The zero-order valence-electron chi connectivity index (χ0n) is 14.2. The van der Waals surface area contributed by atoms with Crippen LogP contribution >= 0.6 is 0 Å². The van der Waals surface area contributed by atoms with Crippen molar-refractivity contribution in [2.45, 2.75) is 73.0 Å². The summed E-state index contributed by atoms with van der Waals surface area (Å²) in [6.45, 7) is 17.4. The summed E-state index contributed by atoms with van der Waals surface area (Å²) in [5, 5.41) is 0. The molecule has 0 amide bonds. The second-order valence-electron chi connectivity index (χ2n) is 6.83. The molecule has 110 valence electrons. The summed E-state index contributed by atoms with van der Waals surface area (Å²) in [4.78, 5) is 5.07. The first-order chi connectivity index (χ1) is 8.17. The highest BCUT2D eigenvalue weighted by Gasteiger charge is 2.29. The lowest BCUT2D eigenvalue weighted by Crippen LogP contribution is -2.54. The molecule has 0 bridgehead atoms. The van der Waals surface area contributed by atoms with E-state index >= 15 is 0 Å². The first-order valence-electron chi connectivity index (χ1n) is 7.60. The molecule has 0 saturated carbocycles. The van der Waals surface area contributed by atoms with Crippen molar-refractivity contribution in [3.8, 4) is 0 Å². The molecular weight excluding hydrogens is 220 g/mol. The lowest BCUT2D eigenvalue weighted by atomic mass is 9.96. The molecule has 2 atom stereocenters. The summed E-state index contributed by atoms with van der Waals surface area (Å²) >= 11 is 0. The Morgan fingerprint density at radius 3 is 1.83 bits per heavy atom. The number of rotatable bonds is 8. The molecule has 0 spiro atoms. The molecule has 18 heavy (non-hydrogen) atoms. The van der Waals surface area contributed by atoms with Gasteiger partial charge in [-0.25, -0.2) is 0 Å². The van der Waals surface area contributed by atoms with Crippen LogP contribution in [0.15, 0.2) is 0 Å². The summed E-state index contributed by atoms with van der Waals surface area (Å²) < 4.78 is 0. The second-order valence-corrected chi connectivity index (χ2v) is 6.83. The molecule has 0 aromatic rings. The van der Waals surface area contributed by atoms with Crippen LogP contribution in [0.25, 0.3) is 0 Å². The summed E-state index contributed by atoms with van der Waals surface area (Å²) in [7, 11) is 4.55. The Balaban J connectivity index is 4.67. The molecule has 0 heterocycles. The maximum absolute atomic E-state index is 2.54. The third-order valence-corrected chi connectivity index (χ3v) is 4.86. The van der Waals surface area contributed by atoms with E-state index in [1.165, 1.54) is 19.4 Å². The highest BCUT2D eigenvalue weighted by molar-refractivity contribution is 4.82. The SMILES string of the molecule is CCC(N(C)CC(C)C(C)C)N(C)C(C)(C)CC. The molecule has 0 N–H and O–H groups in total. The molecule has 0 saturated heterocycles. The Kier molecular flexibility index (Phi) is 7.46. The van der Waals surface area contributed by atoms with Gasteiger partial charge in [0.25, 0.3) is 0 Å². The van der Waals surface area contributed by atoms with Gasteiger partial charge in [0.15, 0.2) is 0 Å². The van der Waals surface area contributed by atoms with Crippen molar-refractivity contribution in [3.05, 3.63) is 0 Å². The van der Waals surface area contributed by atoms with E-state index in [9.17, 15) is 0 Å². The average molecular weight is 256 g/mol. The van der Waals surface area contributed by atoms with E-state index in [1.54, 1.807) is 0 Å². The summed E-state index contributed by atoms with van der Waals surface area (Å²) in [6, 6.07) is 0. The van der Waals surface area contributed by atoms with E-state index in [-0.39, 0.29) is 5.54 Å². The van der Waals surface area contributed by atoms with Gasteiger partial charge in [-0.3, -0.25) is 9.80 Å². The van der Waals surface area contributed by atoms with Gasteiger partial charge in [0.05, 0.1) is 6.17 Å².